The Kier molecular flexibility index (Phi) is 7.03. The van der Waals surface area contributed by atoms with Gasteiger partial charge >= 0.3 is 0 Å². The van der Waals surface area contributed by atoms with Crippen LogP contribution >= 0.6 is 39.1 Å². The van der Waals surface area contributed by atoms with Crippen LogP contribution in [0.15, 0.2) is 70.7 Å². The number of fused-ring (bicyclic) bond motifs is 4. The van der Waals surface area contributed by atoms with E-state index in [-0.39, 0.29) is 35.8 Å². The molecule has 3 aromatic rings. The molecule has 2 saturated heterocycles. The number of phenolic OH excluding ortho intramolecular Hbond substituents is 1. The van der Waals surface area contributed by atoms with E-state index in [0.29, 0.717) is 37.9 Å². The van der Waals surface area contributed by atoms with Gasteiger partial charge < -0.3 is 5.11 Å². The van der Waals surface area contributed by atoms with Crippen molar-refractivity contribution >= 4 is 74.1 Å². The van der Waals surface area contributed by atoms with Crippen molar-refractivity contribution in [2.75, 3.05) is 9.80 Å². The monoisotopic (exact) mass is 692 g/mol. The van der Waals surface area contributed by atoms with Gasteiger partial charge in [0.15, 0.2) is 0 Å². The summed E-state index contributed by atoms with van der Waals surface area (Å²) < 4.78 is 0.701. The minimum atomic E-state index is -0.805. The first-order chi connectivity index (χ1) is 21.0. The summed E-state index contributed by atoms with van der Waals surface area (Å²) >= 11 is 16.3. The molecule has 3 fully saturated rings. The largest absolute Gasteiger partial charge is 0.508 e. The second kappa shape index (κ2) is 10.6. The number of hydrogen-bond acceptors (Lipinski definition) is 5. The predicted octanol–water partition coefficient (Wildman–Crippen LogP) is 7.12. The molecule has 3 aromatic carbocycles. The first-order valence-corrected chi connectivity index (χ1v) is 16.0. The van der Waals surface area contributed by atoms with Crippen LogP contribution in [0.2, 0.25) is 10.0 Å². The molecule has 0 radical (unpaired) electrons. The summed E-state index contributed by atoms with van der Waals surface area (Å²) in [7, 11) is 0. The first-order valence-electron chi connectivity index (χ1n) is 14.4. The number of aryl methyl sites for hydroxylation is 2. The summed E-state index contributed by atoms with van der Waals surface area (Å²) in [5, 5.41) is 12.0. The van der Waals surface area contributed by atoms with Crippen molar-refractivity contribution in [3.8, 4) is 5.75 Å². The Morgan fingerprint density at radius 2 is 1.30 bits per heavy atom. The van der Waals surface area contributed by atoms with Crippen molar-refractivity contribution in [3.63, 3.8) is 0 Å². The van der Waals surface area contributed by atoms with E-state index in [1.54, 1.807) is 54.6 Å². The Bertz CT molecular complexity index is 1840. The van der Waals surface area contributed by atoms with Crippen LogP contribution in [-0.2, 0) is 19.2 Å². The van der Waals surface area contributed by atoms with E-state index in [4.69, 9.17) is 23.2 Å². The van der Waals surface area contributed by atoms with Gasteiger partial charge in [-0.3, -0.25) is 19.2 Å². The third-order valence-electron chi connectivity index (χ3n) is 9.80. The number of phenols is 1. The molecule has 10 heteroatoms. The van der Waals surface area contributed by atoms with Gasteiger partial charge in [0.05, 0.1) is 35.0 Å². The number of benzene rings is 3. The fourth-order valence-electron chi connectivity index (χ4n) is 7.66. The predicted molar refractivity (Wildman–Crippen MR) is 171 cm³/mol. The SMILES string of the molecule is Cc1ccc(N2C(=O)[C@H]3[C@H](CC=C4[C@H]3C[C@H]3C(=O)N(c5ccc(C)c(Cl)c5)C(=O)[C@H]3[C@H]4c3cc(Br)ccc3O)C2=O)cc1Cl. The number of imide groups is 2. The molecular weight excluding hydrogens is 667 g/mol. The number of hydrogen-bond donors (Lipinski definition) is 1. The van der Waals surface area contributed by atoms with Gasteiger partial charge in [0.2, 0.25) is 23.6 Å². The molecule has 6 atom stereocenters. The minimum absolute atomic E-state index is 0.0116. The fourth-order valence-corrected chi connectivity index (χ4v) is 8.39. The first kappa shape index (κ1) is 29.3. The van der Waals surface area contributed by atoms with E-state index in [1.165, 1.54) is 9.80 Å². The number of amides is 4. The second-order valence-electron chi connectivity index (χ2n) is 12.1. The summed E-state index contributed by atoms with van der Waals surface area (Å²) in [6.07, 6.45) is 2.48. The van der Waals surface area contributed by atoms with Crippen molar-refractivity contribution in [2.24, 2.45) is 29.6 Å². The fraction of sp³-hybridized carbons (Fsp3) is 0.294. The van der Waals surface area contributed by atoms with Crippen LogP contribution in [-0.4, -0.2) is 28.7 Å². The Balaban J connectivity index is 1.35. The van der Waals surface area contributed by atoms with Gasteiger partial charge in [-0.15, -0.1) is 0 Å². The maximum absolute atomic E-state index is 14.2. The second-order valence-corrected chi connectivity index (χ2v) is 13.8. The van der Waals surface area contributed by atoms with Crippen LogP contribution in [0.25, 0.3) is 0 Å². The lowest BCUT2D eigenvalue weighted by Gasteiger charge is -2.44. The van der Waals surface area contributed by atoms with Gasteiger partial charge in [0.25, 0.3) is 0 Å². The Hall–Kier alpha value is -3.46. The van der Waals surface area contributed by atoms with Gasteiger partial charge in [-0.05, 0) is 86.2 Å². The standard InChI is InChI=1S/C34H27BrCl2N2O5/c1-15-3-6-18(12-25(15)36)38-31(41)21-9-8-20-22(29(21)33(38)43)14-24-30(28(20)23-11-17(35)5-10-27(23)40)34(44)39(32(24)42)19-7-4-16(2)26(37)13-19/h3-8,10-13,21-22,24,28-30,40H,9,14H2,1-2H3/t21-,22+,24+,28+,29-,30+/m0/s1. The van der Waals surface area contributed by atoms with Gasteiger partial charge in [0.1, 0.15) is 5.75 Å². The molecule has 7 rings (SSSR count). The summed E-state index contributed by atoms with van der Waals surface area (Å²) in [6, 6.07) is 15.2. The van der Waals surface area contributed by atoms with Crippen LogP contribution in [0, 0.1) is 43.4 Å². The Morgan fingerprint density at radius 3 is 1.89 bits per heavy atom. The average Bonchev–Trinajstić information content (AvgIpc) is 3.40. The smallest absolute Gasteiger partial charge is 0.238 e. The van der Waals surface area contributed by atoms with Gasteiger partial charge in [-0.1, -0.05) is 62.9 Å². The van der Waals surface area contributed by atoms with Crippen LogP contribution in [0.5, 0.6) is 5.75 Å². The van der Waals surface area contributed by atoms with Gasteiger partial charge in [-0.2, -0.15) is 0 Å². The van der Waals surface area contributed by atoms with Crippen LogP contribution in [0.3, 0.4) is 0 Å². The third-order valence-corrected chi connectivity index (χ3v) is 11.1. The molecule has 1 N–H and O–H groups in total. The number of nitrogens with zero attached hydrogens (tertiary/aromatic N) is 2. The number of halogens is 3. The normalized spacial score (nSPS) is 27.8. The highest BCUT2D eigenvalue weighted by Gasteiger charge is 2.62. The number of aromatic hydroxyl groups is 1. The molecule has 7 nitrogen and oxygen atoms in total. The molecular formula is C34H27BrCl2N2O5. The number of anilines is 2. The zero-order valence-corrected chi connectivity index (χ0v) is 26.9. The Morgan fingerprint density at radius 1 is 0.727 bits per heavy atom. The summed E-state index contributed by atoms with van der Waals surface area (Å²) in [5.41, 5.74) is 3.73. The van der Waals surface area contributed by atoms with E-state index in [2.05, 4.69) is 15.9 Å². The number of carbonyl (C=O) groups excluding carboxylic acids is 4. The summed E-state index contributed by atoms with van der Waals surface area (Å²) in [6.45, 7) is 3.69. The highest BCUT2D eigenvalue weighted by Crippen LogP contribution is 2.59. The minimum Gasteiger partial charge on any atom is -0.508 e. The molecule has 4 amide bonds. The molecule has 0 bridgehead atoms. The van der Waals surface area contributed by atoms with Crippen molar-refractivity contribution in [1.29, 1.82) is 0 Å². The van der Waals surface area contributed by atoms with E-state index in [9.17, 15) is 24.3 Å². The molecule has 0 aromatic heterocycles. The van der Waals surface area contributed by atoms with Crippen molar-refractivity contribution in [2.45, 2.75) is 32.6 Å². The zero-order valence-electron chi connectivity index (χ0n) is 23.8. The quantitative estimate of drug-likeness (QED) is 0.233. The van der Waals surface area contributed by atoms with Gasteiger partial charge in [0, 0.05) is 26.0 Å². The summed E-state index contributed by atoms with van der Waals surface area (Å²) in [5.74, 6) is -5.47. The van der Waals surface area contributed by atoms with Crippen LogP contribution in [0.1, 0.15) is 35.4 Å². The third kappa shape index (κ3) is 4.29. The molecule has 0 unspecified atom stereocenters. The van der Waals surface area contributed by atoms with Crippen molar-refractivity contribution < 1.29 is 24.3 Å². The lowest BCUT2D eigenvalue weighted by molar-refractivity contribution is -0.126. The van der Waals surface area contributed by atoms with E-state index >= 15 is 0 Å². The van der Waals surface area contributed by atoms with E-state index in [0.717, 1.165) is 16.7 Å². The zero-order chi connectivity index (χ0) is 31.2. The average molecular weight is 694 g/mol. The lowest BCUT2D eigenvalue weighted by Crippen LogP contribution is -2.43. The van der Waals surface area contributed by atoms with Gasteiger partial charge in [-0.25, -0.2) is 9.80 Å². The number of rotatable bonds is 3. The van der Waals surface area contributed by atoms with Crippen LogP contribution in [0.4, 0.5) is 11.4 Å². The van der Waals surface area contributed by atoms with Crippen molar-refractivity contribution in [3.05, 3.63) is 97.5 Å². The highest BCUT2D eigenvalue weighted by atomic mass is 79.9. The molecule has 2 aliphatic heterocycles. The molecule has 44 heavy (non-hydrogen) atoms. The highest BCUT2D eigenvalue weighted by molar-refractivity contribution is 9.10. The lowest BCUT2D eigenvalue weighted by atomic mass is 9.57. The molecule has 1 saturated carbocycles. The maximum atomic E-state index is 14.2. The maximum Gasteiger partial charge on any atom is 0.238 e. The molecule has 224 valence electrons. The number of allylic oxidation sites excluding steroid dienone is 2. The molecule has 0 spiro atoms. The van der Waals surface area contributed by atoms with E-state index in [1.807, 2.05) is 19.9 Å². The van der Waals surface area contributed by atoms with Crippen molar-refractivity contribution in [1.82, 2.24) is 0 Å². The topological polar surface area (TPSA) is 95.0 Å². The summed E-state index contributed by atoms with van der Waals surface area (Å²) in [4.78, 5) is 58.7. The Labute approximate surface area is 272 Å². The molecule has 2 aliphatic carbocycles. The molecule has 4 aliphatic rings. The van der Waals surface area contributed by atoms with Crippen LogP contribution < -0.4 is 9.80 Å². The van der Waals surface area contributed by atoms with E-state index < -0.39 is 35.5 Å². The number of carbonyl (C=O) groups is 4. The molecule has 2 heterocycles.